The summed E-state index contributed by atoms with van der Waals surface area (Å²) in [6, 6.07) is 20.0. The number of nitrogens with zero attached hydrogens (tertiary/aromatic N) is 1. The highest BCUT2D eigenvalue weighted by atomic mass is 32.2. The Labute approximate surface area is 162 Å². The molecule has 1 heterocycles. The minimum Gasteiger partial charge on any atom is -0.493 e. The van der Waals surface area contributed by atoms with Crippen molar-refractivity contribution in [2.75, 3.05) is 13.2 Å². The van der Waals surface area contributed by atoms with Gasteiger partial charge in [-0.2, -0.15) is 4.98 Å². The number of rotatable bonds is 8. The van der Waals surface area contributed by atoms with E-state index in [9.17, 15) is 9.90 Å². The molecular formula is C21H22N2O3S. The maximum absolute atomic E-state index is 12.4. The summed E-state index contributed by atoms with van der Waals surface area (Å²) < 4.78 is 5.26. The van der Waals surface area contributed by atoms with Crippen molar-refractivity contribution in [1.82, 2.24) is 9.97 Å². The summed E-state index contributed by atoms with van der Waals surface area (Å²) >= 11 is 1.40. The molecule has 2 N–H and O–H groups in total. The molecule has 0 fully saturated rings. The van der Waals surface area contributed by atoms with Crippen LogP contribution in [0, 0.1) is 0 Å². The zero-order chi connectivity index (χ0) is 19.1. The molecule has 0 saturated heterocycles. The molecule has 3 rings (SSSR count). The smallest absolute Gasteiger partial charge is 0.258 e. The van der Waals surface area contributed by atoms with Crippen molar-refractivity contribution in [2.24, 2.45) is 0 Å². The number of hydrogen-bond acceptors (Lipinski definition) is 5. The van der Waals surface area contributed by atoms with Crippen LogP contribution < -0.4 is 5.56 Å². The van der Waals surface area contributed by atoms with E-state index in [0.29, 0.717) is 24.8 Å². The summed E-state index contributed by atoms with van der Waals surface area (Å²) in [5, 5.41) is 10.6. The molecule has 0 aliphatic heterocycles. The number of aromatic nitrogens is 2. The number of H-pyrrole nitrogens is 1. The Balaban J connectivity index is 1.89. The molecule has 0 aliphatic rings. The zero-order valence-corrected chi connectivity index (χ0v) is 15.9. The van der Waals surface area contributed by atoms with Crippen LogP contribution in [0.1, 0.15) is 28.9 Å². The maximum Gasteiger partial charge on any atom is 0.258 e. The van der Waals surface area contributed by atoms with E-state index in [-0.39, 0.29) is 22.3 Å². The van der Waals surface area contributed by atoms with Gasteiger partial charge in [0.25, 0.3) is 5.56 Å². The van der Waals surface area contributed by atoms with Gasteiger partial charge in [0.15, 0.2) is 5.16 Å². The minimum absolute atomic E-state index is 0.0516. The quantitative estimate of drug-likeness (QED) is 0.351. The third kappa shape index (κ3) is 4.99. The molecule has 2 aromatic carbocycles. The molecule has 0 amide bonds. The van der Waals surface area contributed by atoms with E-state index in [2.05, 4.69) is 9.97 Å². The molecule has 0 atom stereocenters. The van der Waals surface area contributed by atoms with Crippen LogP contribution in [0.2, 0.25) is 0 Å². The lowest BCUT2D eigenvalue weighted by Gasteiger charge is -2.17. The number of benzene rings is 2. The first kappa shape index (κ1) is 19.2. The Kier molecular flexibility index (Phi) is 6.68. The van der Waals surface area contributed by atoms with Gasteiger partial charge in [-0.1, -0.05) is 72.4 Å². The molecule has 140 valence electrons. The molecule has 3 aromatic rings. The van der Waals surface area contributed by atoms with Gasteiger partial charge in [0, 0.05) is 13.0 Å². The number of nitrogens with one attached hydrogen (secondary N) is 1. The molecule has 0 unspecified atom stereocenters. The van der Waals surface area contributed by atoms with Crippen molar-refractivity contribution in [3.8, 4) is 5.88 Å². The van der Waals surface area contributed by atoms with Crippen molar-refractivity contribution in [2.45, 2.75) is 23.8 Å². The number of aromatic hydroxyl groups is 1. The van der Waals surface area contributed by atoms with Gasteiger partial charge in [-0.05, 0) is 18.1 Å². The monoisotopic (exact) mass is 382 g/mol. The lowest BCUT2D eigenvalue weighted by atomic mass is 10.0. The average molecular weight is 382 g/mol. The van der Waals surface area contributed by atoms with Crippen molar-refractivity contribution in [3.63, 3.8) is 0 Å². The lowest BCUT2D eigenvalue weighted by molar-refractivity contribution is 0.150. The van der Waals surface area contributed by atoms with Crippen LogP contribution in [0.25, 0.3) is 0 Å². The van der Waals surface area contributed by atoms with Gasteiger partial charge in [-0.15, -0.1) is 0 Å². The normalized spacial score (nSPS) is 11.0. The molecule has 5 nitrogen and oxygen atoms in total. The molecule has 0 aliphatic carbocycles. The SMILES string of the molecule is CCOCCc1c(O)nc(SC(c2ccccc2)c2ccccc2)[nH]c1=O. The van der Waals surface area contributed by atoms with Crippen LogP contribution in [-0.4, -0.2) is 28.3 Å². The Hall–Kier alpha value is -2.57. The maximum atomic E-state index is 12.4. The van der Waals surface area contributed by atoms with Crippen LogP contribution in [0.5, 0.6) is 5.88 Å². The van der Waals surface area contributed by atoms with Gasteiger partial charge in [0.1, 0.15) is 0 Å². The molecule has 6 heteroatoms. The molecule has 0 saturated carbocycles. The van der Waals surface area contributed by atoms with Crippen molar-refractivity contribution in [1.29, 1.82) is 0 Å². The first-order chi connectivity index (χ1) is 13.2. The average Bonchev–Trinajstić information content (AvgIpc) is 2.69. The highest BCUT2D eigenvalue weighted by Crippen LogP contribution is 2.39. The Morgan fingerprint density at radius 2 is 1.67 bits per heavy atom. The third-order valence-electron chi connectivity index (χ3n) is 4.11. The summed E-state index contributed by atoms with van der Waals surface area (Å²) in [6.07, 6.45) is 0.327. The van der Waals surface area contributed by atoms with Gasteiger partial charge in [-0.25, -0.2) is 0 Å². The summed E-state index contributed by atoms with van der Waals surface area (Å²) in [6.45, 7) is 2.82. The predicted octanol–water partition coefficient (Wildman–Crippen LogP) is 3.94. The standard InChI is InChI=1S/C21H22N2O3S/c1-2-26-14-13-17-19(24)22-21(23-20(17)25)27-18(15-9-5-3-6-10-15)16-11-7-4-8-12-16/h3-12,18H,2,13-14H2,1H3,(H2,22,23,24,25). The fourth-order valence-electron chi connectivity index (χ4n) is 2.76. The fraction of sp³-hybridized carbons (Fsp3) is 0.238. The molecule has 0 bridgehead atoms. The molecule has 1 aromatic heterocycles. The van der Waals surface area contributed by atoms with E-state index in [4.69, 9.17) is 4.74 Å². The largest absolute Gasteiger partial charge is 0.493 e. The number of thioether (sulfide) groups is 1. The number of aromatic amines is 1. The second-order valence-corrected chi connectivity index (χ2v) is 7.03. The van der Waals surface area contributed by atoms with Crippen LogP contribution in [0.3, 0.4) is 0 Å². The third-order valence-corrected chi connectivity index (χ3v) is 5.30. The van der Waals surface area contributed by atoms with E-state index in [0.717, 1.165) is 11.1 Å². The first-order valence-corrected chi connectivity index (χ1v) is 9.73. The van der Waals surface area contributed by atoms with Gasteiger partial charge < -0.3 is 14.8 Å². The first-order valence-electron chi connectivity index (χ1n) is 8.85. The second kappa shape index (κ2) is 9.39. The number of hydrogen-bond donors (Lipinski definition) is 2. The Morgan fingerprint density at radius 3 is 2.19 bits per heavy atom. The van der Waals surface area contributed by atoms with Gasteiger partial charge in [0.2, 0.25) is 5.88 Å². The van der Waals surface area contributed by atoms with E-state index in [1.165, 1.54) is 11.8 Å². The molecular weight excluding hydrogens is 360 g/mol. The molecule has 0 spiro atoms. The predicted molar refractivity (Wildman–Crippen MR) is 107 cm³/mol. The number of ether oxygens (including phenoxy) is 1. The Bertz CT molecular complexity index is 874. The van der Waals surface area contributed by atoms with Crippen molar-refractivity contribution in [3.05, 3.63) is 87.7 Å². The second-order valence-electron chi connectivity index (χ2n) is 5.94. The Morgan fingerprint density at radius 1 is 1.07 bits per heavy atom. The molecule has 27 heavy (non-hydrogen) atoms. The molecule has 0 radical (unpaired) electrons. The minimum atomic E-state index is -0.329. The van der Waals surface area contributed by atoms with Crippen molar-refractivity contribution >= 4 is 11.8 Å². The van der Waals surface area contributed by atoms with Crippen LogP contribution in [0.15, 0.2) is 70.6 Å². The van der Waals surface area contributed by atoms with E-state index < -0.39 is 0 Å². The van der Waals surface area contributed by atoms with E-state index in [1.54, 1.807) is 0 Å². The van der Waals surface area contributed by atoms with E-state index in [1.807, 2.05) is 67.6 Å². The van der Waals surface area contributed by atoms with Crippen LogP contribution in [0.4, 0.5) is 0 Å². The van der Waals surface area contributed by atoms with Crippen molar-refractivity contribution < 1.29 is 9.84 Å². The summed E-state index contributed by atoms with van der Waals surface area (Å²) in [5.74, 6) is -0.235. The topological polar surface area (TPSA) is 75.2 Å². The van der Waals surface area contributed by atoms with E-state index >= 15 is 0 Å². The summed E-state index contributed by atoms with van der Waals surface area (Å²) in [7, 11) is 0. The van der Waals surface area contributed by atoms with Crippen LogP contribution >= 0.6 is 11.8 Å². The van der Waals surface area contributed by atoms with Gasteiger partial charge in [-0.3, -0.25) is 4.79 Å². The van der Waals surface area contributed by atoms with Gasteiger partial charge >= 0.3 is 0 Å². The van der Waals surface area contributed by atoms with Gasteiger partial charge in [0.05, 0.1) is 17.4 Å². The summed E-state index contributed by atoms with van der Waals surface area (Å²) in [4.78, 5) is 19.4. The fourth-order valence-corrected chi connectivity index (χ4v) is 3.86. The van der Waals surface area contributed by atoms with Crippen LogP contribution in [-0.2, 0) is 11.2 Å². The highest BCUT2D eigenvalue weighted by molar-refractivity contribution is 7.99. The summed E-state index contributed by atoms with van der Waals surface area (Å²) in [5.41, 5.74) is 2.11. The lowest BCUT2D eigenvalue weighted by Crippen LogP contribution is -2.17. The zero-order valence-electron chi connectivity index (χ0n) is 15.1. The highest BCUT2D eigenvalue weighted by Gasteiger charge is 2.19.